The Labute approximate surface area is 80.1 Å². The molecule has 0 fully saturated rings. The van der Waals surface area contributed by atoms with Crippen LogP contribution in [0, 0.1) is 6.92 Å². The number of carboxylic acids is 1. The summed E-state index contributed by atoms with van der Waals surface area (Å²) in [5.74, 6) is -0.148. The van der Waals surface area contributed by atoms with Crippen LogP contribution in [0.2, 0.25) is 0 Å². The average Bonchev–Trinajstić information content (AvgIpc) is 2.49. The number of aromatic nitrogens is 1. The maximum Gasteiger partial charge on any atom is 0.307 e. The highest BCUT2D eigenvalue weighted by Crippen LogP contribution is 2.21. The molecule has 0 amide bonds. The Kier molecular flexibility index (Phi) is 1.96. The molecule has 1 heterocycles. The van der Waals surface area contributed by atoms with Crippen LogP contribution in [0.1, 0.15) is 11.3 Å². The second kappa shape index (κ2) is 3.14. The van der Waals surface area contributed by atoms with E-state index >= 15 is 0 Å². The molecule has 1 aromatic heterocycles. The molecule has 4 heteroatoms. The number of hydrogen-bond acceptors (Lipinski definition) is 3. The zero-order chi connectivity index (χ0) is 10.1. The Morgan fingerprint density at radius 2 is 2.36 bits per heavy atom. The van der Waals surface area contributed by atoms with Crippen molar-refractivity contribution in [3.8, 4) is 0 Å². The van der Waals surface area contributed by atoms with Gasteiger partial charge in [-0.1, -0.05) is 17.3 Å². The molecule has 0 aliphatic heterocycles. The third-order valence-corrected chi connectivity index (χ3v) is 2.11. The van der Waals surface area contributed by atoms with Crippen LogP contribution in [0.15, 0.2) is 22.7 Å². The maximum absolute atomic E-state index is 10.6. The van der Waals surface area contributed by atoms with E-state index in [1.165, 1.54) is 0 Å². The molecule has 0 radical (unpaired) electrons. The van der Waals surface area contributed by atoms with Crippen LogP contribution in [0.3, 0.4) is 0 Å². The Bertz CT molecular complexity index is 487. The standard InChI is InChI=1S/C10H9NO3/c1-6-8-4-2-3-7(5-9(12)13)10(8)11-14-6/h2-4H,5H2,1H3,(H,12,13). The molecule has 0 spiro atoms. The van der Waals surface area contributed by atoms with Gasteiger partial charge in [0.25, 0.3) is 0 Å². The lowest BCUT2D eigenvalue weighted by Gasteiger charge is -1.96. The van der Waals surface area contributed by atoms with Crippen LogP contribution in [0.5, 0.6) is 0 Å². The number of rotatable bonds is 2. The second-order valence-corrected chi connectivity index (χ2v) is 3.12. The zero-order valence-corrected chi connectivity index (χ0v) is 7.65. The van der Waals surface area contributed by atoms with E-state index in [1.807, 2.05) is 12.1 Å². The third-order valence-electron chi connectivity index (χ3n) is 2.11. The van der Waals surface area contributed by atoms with Crippen molar-refractivity contribution in [2.75, 3.05) is 0 Å². The Hall–Kier alpha value is -1.84. The Balaban J connectivity index is 2.59. The summed E-state index contributed by atoms with van der Waals surface area (Å²) in [6, 6.07) is 5.43. The van der Waals surface area contributed by atoms with E-state index in [-0.39, 0.29) is 6.42 Å². The normalized spacial score (nSPS) is 10.6. The van der Waals surface area contributed by atoms with Crippen molar-refractivity contribution < 1.29 is 14.4 Å². The van der Waals surface area contributed by atoms with Gasteiger partial charge in [-0.2, -0.15) is 0 Å². The summed E-state index contributed by atoms with van der Waals surface area (Å²) in [6.07, 6.45) is -0.0245. The van der Waals surface area contributed by atoms with Crippen molar-refractivity contribution >= 4 is 16.9 Å². The fourth-order valence-electron chi connectivity index (χ4n) is 1.45. The minimum Gasteiger partial charge on any atom is -0.481 e. The first-order valence-corrected chi connectivity index (χ1v) is 4.24. The SMILES string of the molecule is Cc1onc2c(CC(=O)O)cccc12. The molecule has 14 heavy (non-hydrogen) atoms. The van der Waals surface area contributed by atoms with E-state index < -0.39 is 5.97 Å². The van der Waals surface area contributed by atoms with Gasteiger partial charge in [0.2, 0.25) is 0 Å². The summed E-state index contributed by atoms with van der Waals surface area (Å²) >= 11 is 0. The molecule has 0 unspecified atom stereocenters. The Morgan fingerprint density at radius 3 is 3.07 bits per heavy atom. The lowest BCUT2D eigenvalue weighted by Crippen LogP contribution is -2.00. The topological polar surface area (TPSA) is 63.3 Å². The van der Waals surface area contributed by atoms with Crippen molar-refractivity contribution in [1.82, 2.24) is 5.16 Å². The van der Waals surface area contributed by atoms with Crippen molar-refractivity contribution in [2.24, 2.45) is 0 Å². The number of hydrogen-bond donors (Lipinski definition) is 1. The van der Waals surface area contributed by atoms with Crippen molar-refractivity contribution in [3.05, 3.63) is 29.5 Å². The van der Waals surface area contributed by atoms with E-state index in [0.29, 0.717) is 16.8 Å². The fourth-order valence-corrected chi connectivity index (χ4v) is 1.45. The van der Waals surface area contributed by atoms with E-state index in [9.17, 15) is 4.79 Å². The maximum atomic E-state index is 10.6. The number of carbonyl (C=O) groups is 1. The fraction of sp³-hybridized carbons (Fsp3) is 0.200. The summed E-state index contributed by atoms with van der Waals surface area (Å²) in [4.78, 5) is 10.6. The van der Waals surface area contributed by atoms with Gasteiger partial charge in [0.05, 0.1) is 6.42 Å². The first kappa shape index (κ1) is 8.74. The number of benzene rings is 1. The van der Waals surface area contributed by atoms with Gasteiger partial charge < -0.3 is 9.63 Å². The van der Waals surface area contributed by atoms with E-state index in [2.05, 4.69) is 5.16 Å². The summed E-state index contributed by atoms with van der Waals surface area (Å²) in [7, 11) is 0. The first-order chi connectivity index (χ1) is 6.68. The van der Waals surface area contributed by atoms with Crippen molar-refractivity contribution in [2.45, 2.75) is 13.3 Å². The molecule has 0 aliphatic rings. The number of aryl methyl sites for hydroxylation is 1. The highest BCUT2D eigenvalue weighted by atomic mass is 16.5. The van der Waals surface area contributed by atoms with Crippen molar-refractivity contribution in [1.29, 1.82) is 0 Å². The monoisotopic (exact) mass is 191 g/mol. The minimum absolute atomic E-state index is 0.0245. The van der Waals surface area contributed by atoms with Gasteiger partial charge in [-0.05, 0) is 18.6 Å². The number of aliphatic carboxylic acids is 1. The van der Waals surface area contributed by atoms with E-state index in [1.54, 1.807) is 13.0 Å². The average molecular weight is 191 g/mol. The van der Waals surface area contributed by atoms with Gasteiger partial charge in [-0.25, -0.2) is 0 Å². The largest absolute Gasteiger partial charge is 0.481 e. The molecule has 1 aromatic carbocycles. The van der Waals surface area contributed by atoms with Gasteiger partial charge in [-0.3, -0.25) is 4.79 Å². The summed E-state index contributed by atoms with van der Waals surface area (Å²) in [5.41, 5.74) is 1.33. The molecule has 0 atom stereocenters. The number of nitrogens with zero attached hydrogens (tertiary/aromatic N) is 1. The molecule has 72 valence electrons. The molecular formula is C10H9NO3. The molecule has 0 aliphatic carbocycles. The zero-order valence-electron chi connectivity index (χ0n) is 7.65. The van der Waals surface area contributed by atoms with Gasteiger partial charge in [0, 0.05) is 5.39 Å². The molecule has 4 nitrogen and oxygen atoms in total. The minimum atomic E-state index is -0.863. The second-order valence-electron chi connectivity index (χ2n) is 3.12. The van der Waals surface area contributed by atoms with E-state index in [4.69, 9.17) is 9.63 Å². The molecule has 1 N–H and O–H groups in total. The highest BCUT2D eigenvalue weighted by Gasteiger charge is 2.10. The van der Waals surface area contributed by atoms with Crippen LogP contribution in [-0.4, -0.2) is 16.2 Å². The van der Waals surface area contributed by atoms with Crippen LogP contribution in [0.25, 0.3) is 10.9 Å². The van der Waals surface area contributed by atoms with Crippen LogP contribution in [-0.2, 0) is 11.2 Å². The third kappa shape index (κ3) is 1.35. The molecule has 0 saturated carbocycles. The molecule has 2 rings (SSSR count). The highest BCUT2D eigenvalue weighted by molar-refractivity contribution is 5.86. The van der Waals surface area contributed by atoms with Gasteiger partial charge in [0.1, 0.15) is 11.3 Å². The van der Waals surface area contributed by atoms with Crippen LogP contribution < -0.4 is 0 Å². The lowest BCUT2D eigenvalue weighted by molar-refractivity contribution is -0.136. The van der Waals surface area contributed by atoms with Gasteiger partial charge in [-0.15, -0.1) is 0 Å². The number of carboxylic acid groups (broad SMARTS) is 1. The smallest absolute Gasteiger partial charge is 0.307 e. The Morgan fingerprint density at radius 1 is 1.57 bits per heavy atom. The lowest BCUT2D eigenvalue weighted by atomic mass is 10.1. The van der Waals surface area contributed by atoms with Gasteiger partial charge in [0.15, 0.2) is 0 Å². The molecule has 0 saturated heterocycles. The molecule has 0 bridgehead atoms. The molecular weight excluding hydrogens is 182 g/mol. The van der Waals surface area contributed by atoms with Crippen LogP contribution in [0.4, 0.5) is 0 Å². The number of fused-ring (bicyclic) bond motifs is 1. The quantitative estimate of drug-likeness (QED) is 0.785. The summed E-state index contributed by atoms with van der Waals surface area (Å²) < 4.78 is 4.99. The predicted molar refractivity (Wildman–Crippen MR) is 50.1 cm³/mol. The molecule has 2 aromatic rings. The summed E-state index contributed by atoms with van der Waals surface area (Å²) in [5, 5.41) is 13.4. The van der Waals surface area contributed by atoms with Crippen LogP contribution >= 0.6 is 0 Å². The predicted octanol–water partition coefficient (Wildman–Crippen LogP) is 1.76. The van der Waals surface area contributed by atoms with Gasteiger partial charge >= 0.3 is 5.97 Å². The van der Waals surface area contributed by atoms with E-state index in [0.717, 1.165) is 5.39 Å². The first-order valence-electron chi connectivity index (χ1n) is 4.24. The van der Waals surface area contributed by atoms with Crippen molar-refractivity contribution in [3.63, 3.8) is 0 Å². The summed E-state index contributed by atoms with van der Waals surface area (Å²) in [6.45, 7) is 1.81.